The summed E-state index contributed by atoms with van der Waals surface area (Å²) < 4.78 is 21.1. The molecule has 0 radical (unpaired) electrons. The summed E-state index contributed by atoms with van der Waals surface area (Å²) in [5, 5.41) is 12.8. The van der Waals surface area contributed by atoms with E-state index < -0.39 is 24.0 Å². The summed E-state index contributed by atoms with van der Waals surface area (Å²) in [5.74, 6) is -0.0405. The van der Waals surface area contributed by atoms with Crippen LogP contribution in [0, 0.1) is 0 Å². The van der Waals surface area contributed by atoms with Crippen molar-refractivity contribution < 1.29 is 33.6 Å². The van der Waals surface area contributed by atoms with Crippen LogP contribution in [0.25, 0.3) is 11.1 Å². The highest BCUT2D eigenvalue weighted by atomic mass is 16.7. The average molecular weight is 514 g/mol. The molecule has 3 rings (SSSR count). The summed E-state index contributed by atoms with van der Waals surface area (Å²) in [4.78, 5) is 23.7. The van der Waals surface area contributed by atoms with Crippen LogP contribution < -0.4 is 5.32 Å². The average Bonchev–Trinajstić information content (AvgIpc) is 3.18. The zero-order valence-corrected chi connectivity index (χ0v) is 22.0. The Morgan fingerprint density at radius 3 is 2.16 bits per heavy atom. The van der Waals surface area contributed by atoms with Gasteiger partial charge in [0.25, 0.3) is 0 Å². The number of carbonyl (C=O) groups excluding carboxylic acids is 2. The molecular weight excluding hydrogens is 474 g/mol. The van der Waals surface area contributed by atoms with E-state index in [0.717, 1.165) is 47.9 Å². The molecule has 0 spiro atoms. The summed E-state index contributed by atoms with van der Waals surface area (Å²) in [7, 11) is 0. The van der Waals surface area contributed by atoms with Gasteiger partial charge in [0.05, 0.1) is 6.61 Å². The number of hydrogen-bond donors (Lipinski definition) is 2. The Morgan fingerprint density at radius 2 is 1.51 bits per heavy atom. The Hall–Kier alpha value is -3.10. The summed E-state index contributed by atoms with van der Waals surface area (Å²) in [6.07, 6.45) is 1.47. The Labute approximate surface area is 219 Å². The first-order chi connectivity index (χ1) is 17.7. The number of ether oxygens (including phenoxy) is 4. The lowest BCUT2D eigenvalue weighted by Crippen LogP contribution is -2.32. The van der Waals surface area contributed by atoms with Crippen molar-refractivity contribution in [3.63, 3.8) is 0 Å². The number of benzene rings is 2. The lowest BCUT2D eigenvalue weighted by Gasteiger charge is -2.19. The highest BCUT2D eigenvalue weighted by Crippen LogP contribution is 2.44. The summed E-state index contributed by atoms with van der Waals surface area (Å²) in [5.41, 5.74) is 4.08. The number of aliphatic hydroxyl groups excluding tert-OH is 1. The SMILES string of the molecule is CC(C)(C)OC(=O)NCCCCCCOCC(O)COC(=O)OCC1c2ccccc2-c2ccccc21. The molecule has 2 aromatic carbocycles. The number of rotatable bonds is 13. The number of amides is 1. The smallest absolute Gasteiger partial charge is 0.444 e. The monoisotopic (exact) mass is 513 g/mol. The van der Waals surface area contributed by atoms with E-state index in [1.807, 2.05) is 45.0 Å². The van der Waals surface area contributed by atoms with Crippen molar-refractivity contribution in [1.29, 1.82) is 0 Å². The van der Waals surface area contributed by atoms with Gasteiger partial charge in [-0.1, -0.05) is 61.4 Å². The van der Waals surface area contributed by atoms with E-state index in [2.05, 4.69) is 29.6 Å². The van der Waals surface area contributed by atoms with E-state index in [0.29, 0.717) is 13.2 Å². The van der Waals surface area contributed by atoms with Crippen LogP contribution in [0.1, 0.15) is 63.5 Å². The van der Waals surface area contributed by atoms with Crippen molar-refractivity contribution in [1.82, 2.24) is 5.32 Å². The molecule has 2 aromatic rings. The number of nitrogens with one attached hydrogen (secondary N) is 1. The maximum Gasteiger partial charge on any atom is 0.508 e. The predicted octanol–water partition coefficient (Wildman–Crippen LogP) is 5.41. The molecule has 0 bridgehead atoms. The molecule has 1 aliphatic rings. The molecule has 2 N–H and O–H groups in total. The molecule has 8 nitrogen and oxygen atoms in total. The fourth-order valence-electron chi connectivity index (χ4n) is 4.25. The first-order valence-corrected chi connectivity index (χ1v) is 12.9. The Morgan fingerprint density at radius 1 is 0.892 bits per heavy atom. The fourth-order valence-corrected chi connectivity index (χ4v) is 4.25. The van der Waals surface area contributed by atoms with E-state index in [-0.39, 0.29) is 25.7 Å². The van der Waals surface area contributed by atoms with Crippen LogP contribution in [-0.4, -0.2) is 62.0 Å². The second-order valence-corrected chi connectivity index (χ2v) is 10.2. The molecule has 0 aromatic heterocycles. The molecule has 1 aliphatic carbocycles. The normalized spacial score (nSPS) is 13.4. The molecule has 37 heavy (non-hydrogen) atoms. The van der Waals surface area contributed by atoms with E-state index >= 15 is 0 Å². The number of unbranched alkanes of at least 4 members (excludes halogenated alkanes) is 3. The summed E-state index contributed by atoms with van der Waals surface area (Å²) in [6, 6.07) is 16.2. The molecule has 1 amide bonds. The van der Waals surface area contributed by atoms with Gasteiger partial charge < -0.3 is 29.4 Å². The van der Waals surface area contributed by atoms with Gasteiger partial charge in [0.1, 0.15) is 24.9 Å². The number of fused-ring (bicyclic) bond motifs is 3. The van der Waals surface area contributed by atoms with Crippen LogP contribution in [0.5, 0.6) is 0 Å². The molecule has 0 aliphatic heterocycles. The molecule has 0 heterocycles. The van der Waals surface area contributed by atoms with E-state index in [4.69, 9.17) is 18.9 Å². The van der Waals surface area contributed by atoms with Crippen LogP contribution in [-0.2, 0) is 18.9 Å². The zero-order chi connectivity index (χ0) is 26.7. The highest BCUT2D eigenvalue weighted by Gasteiger charge is 2.29. The van der Waals surface area contributed by atoms with E-state index in [9.17, 15) is 14.7 Å². The second kappa shape index (κ2) is 14.0. The van der Waals surface area contributed by atoms with Crippen LogP contribution in [0.15, 0.2) is 48.5 Å². The van der Waals surface area contributed by atoms with Crippen LogP contribution in [0.3, 0.4) is 0 Å². The van der Waals surface area contributed by atoms with Crippen molar-refractivity contribution in [2.24, 2.45) is 0 Å². The zero-order valence-electron chi connectivity index (χ0n) is 22.0. The maximum absolute atomic E-state index is 12.1. The molecular formula is C29H39NO7. The van der Waals surface area contributed by atoms with Crippen molar-refractivity contribution in [3.8, 4) is 11.1 Å². The van der Waals surface area contributed by atoms with Gasteiger partial charge in [0, 0.05) is 19.1 Å². The lowest BCUT2D eigenvalue weighted by atomic mass is 9.98. The first kappa shape index (κ1) is 28.5. The third-order valence-corrected chi connectivity index (χ3v) is 5.92. The predicted molar refractivity (Wildman–Crippen MR) is 141 cm³/mol. The van der Waals surface area contributed by atoms with Gasteiger partial charge >= 0.3 is 12.2 Å². The van der Waals surface area contributed by atoms with Crippen LogP contribution in [0.2, 0.25) is 0 Å². The van der Waals surface area contributed by atoms with Crippen molar-refractivity contribution in [2.45, 2.75) is 64.1 Å². The largest absolute Gasteiger partial charge is 0.508 e. The van der Waals surface area contributed by atoms with Gasteiger partial charge in [-0.15, -0.1) is 0 Å². The molecule has 0 saturated carbocycles. The van der Waals surface area contributed by atoms with Gasteiger partial charge in [-0.05, 0) is 55.9 Å². The van der Waals surface area contributed by atoms with Crippen molar-refractivity contribution in [3.05, 3.63) is 59.7 Å². The third kappa shape index (κ3) is 9.37. The maximum atomic E-state index is 12.1. The van der Waals surface area contributed by atoms with Gasteiger partial charge in [-0.3, -0.25) is 0 Å². The Kier molecular flexibility index (Phi) is 10.8. The third-order valence-electron chi connectivity index (χ3n) is 5.92. The number of hydrogen-bond acceptors (Lipinski definition) is 7. The molecule has 0 fully saturated rings. The second-order valence-electron chi connectivity index (χ2n) is 10.2. The quantitative estimate of drug-likeness (QED) is 0.272. The van der Waals surface area contributed by atoms with Crippen molar-refractivity contribution in [2.75, 3.05) is 33.0 Å². The van der Waals surface area contributed by atoms with Gasteiger partial charge in [0.15, 0.2) is 0 Å². The topological polar surface area (TPSA) is 103 Å². The first-order valence-electron chi connectivity index (χ1n) is 12.9. The summed E-state index contributed by atoms with van der Waals surface area (Å²) >= 11 is 0. The minimum atomic E-state index is -0.918. The van der Waals surface area contributed by atoms with Gasteiger partial charge in [-0.2, -0.15) is 0 Å². The minimum Gasteiger partial charge on any atom is -0.444 e. The summed E-state index contributed by atoms with van der Waals surface area (Å²) in [6.45, 7) is 6.63. The van der Waals surface area contributed by atoms with E-state index in [1.54, 1.807) is 0 Å². The fraction of sp³-hybridized carbons (Fsp3) is 0.517. The van der Waals surface area contributed by atoms with Crippen molar-refractivity contribution >= 4 is 12.2 Å². The minimum absolute atomic E-state index is 0.0405. The number of carbonyl (C=O) groups is 2. The van der Waals surface area contributed by atoms with Gasteiger partial charge in [-0.25, -0.2) is 9.59 Å². The number of alkyl carbamates (subject to hydrolysis) is 1. The van der Waals surface area contributed by atoms with Gasteiger partial charge in [0.2, 0.25) is 0 Å². The molecule has 1 unspecified atom stereocenters. The van der Waals surface area contributed by atoms with E-state index in [1.165, 1.54) is 0 Å². The van der Waals surface area contributed by atoms with Crippen LogP contribution >= 0.6 is 0 Å². The molecule has 1 atom stereocenters. The number of aliphatic hydroxyl groups is 1. The standard InChI is InChI=1S/C29H39NO7/c1-29(2,3)37-27(32)30-16-10-4-5-11-17-34-18-21(31)19-35-28(33)36-20-26-24-14-8-6-12-22(24)23-13-7-9-15-25(23)26/h6-9,12-15,21,26,31H,4-5,10-11,16-20H2,1-3H3,(H,30,32). The molecule has 0 saturated heterocycles. The highest BCUT2D eigenvalue weighted by molar-refractivity contribution is 5.79. The lowest BCUT2D eigenvalue weighted by molar-refractivity contribution is -0.0193. The van der Waals surface area contributed by atoms with Crippen LogP contribution in [0.4, 0.5) is 9.59 Å². The molecule has 202 valence electrons. The Bertz CT molecular complexity index is 972. The Balaban J connectivity index is 1.22. The molecule has 8 heteroatoms.